The Hall–Kier alpha value is -4.91. The predicted octanol–water partition coefficient (Wildman–Crippen LogP) is 4.48. The number of carbonyl (C=O) groups is 3. The Balaban J connectivity index is 1.39. The lowest BCUT2D eigenvalue weighted by Gasteiger charge is -2.12. The fraction of sp³-hybridized carbons (Fsp3) is 0.0645. The van der Waals surface area contributed by atoms with Gasteiger partial charge in [-0.2, -0.15) is 0 Å². The zero-order valence-corrected chi connectivity index (χ0v) is 24.6. The van der Waals surface area contributed by atoms with Gasteiger partial charge in [0.25, 0.3) is 11.8 Å². The van der Waals surface area contributed by atoms with Crippen molar-refractivity contribution < 1.29 is 27.5 Å². The molecule has 0 aliphatic rings. The fourth-order valence-corrected chi connectivity index (χ4v) is 4.96. The molecular formula is C31H28N4O6S2. The molecule has 0 heterocycles. The summed E-state index contributed by atoms with van der Waals surface area (Å²) in [5.41, 5.74) is 2.02. The van der Waals surface area contributed by atoms with Crippen molar-refractivity contribution in [1.29, 1.82) is 0 Å². The first-order valence-electron chi connectivity index (χ1n) is 12.8. The van der Waals surface area contributed by atoms with Crippen LogP contribution < -0.4 is 25.8 Å². The molecule has 0 bridgehead atoms. The molecule has 4 rings (SSSR count). The third-order valence-corrected chi connectivity index (χ3v) is 7.82. The summed E-state index contributed by atoms with van der Waals surface area (Å²) in [5.74, 6) is -0.547. The molecule has 10 nitrogen and oxygen atoms in total. The number of methoxy groups -OCH3 is 1. The molecule has 3 amide bonds. The number of nitrogens with one attached hydrogen (secondary N) is 3. The van der Waals surface area contributed by atoms with E-state index in [1.807, 2.05) is 0 Å². The van der Waals surface area contributed by atoms with E-state index in [1.165, 1.54) is 36.0 Å². The molecule has 12 heteroatoms. The molecule has 0 spiro atoms. The minimum Gasteiger partial charge on any atom is -0.497 e. The number of carbonyl (C=O) groups excluding carboxylic acids is 3. The number of thioether (sulfide) groups is 1. The lowest BCUT2D eigenvalue weighted by atomic mass is 10.1. The Morgan fingerprint density at radius 2 is 1.49 bits per heavy atom. The van der Waals surface area contributed by atoms with Crippen LogP contribution in [0.25, 0.3) is 6.08 Å². The van der Waals surface area contributed by atoms with Crippen LogP contribution >= 0.6 is 11.8 Å². The van der Waals surface area contributed by atoms with Gasteiger partial charge < -0.3 is 20.7 Å². The molecule has 220 valence electrons. The van der Waals surface area contributed by atoms with Gasteiger partial charge in [-0.3, -0.25) is 14.4 Å². The standard InChI is InChI=1S/C31H28N4O6S2/c1-41-25-9-5-6-21(18-25)19-28(35-30(37)22-7-3-2-4-8-22)31(38)34-24-10-14-26(15-11-24)42-20-29(36)33-23-12-16-27(17-13-23)43(32,39)40/h2-19H,20H2,1H3,(H,33,36)(H,34,38)(H,35,37)(H2,32,39,40)/b28-19-. The Bertz CT molecular complexity index is 1740. The molecule has 4 aromatic carbocycles. The zero-order valence-electron chi connectivity index (χ0n) is 22.9. The second-order valence-electron chi connectivity index (χ2n) is 9.04. The highest BCUT2D eigenvalue weighted by Crippen LogP contribution is 2.22. The smallest absolute Gasteiger partial charge is 0.272 e. The van der Waals surface area contributed by atoms with E-state index in [2.05, 4.69) is 16.0 Å². The van der Waals surface area contributed by atoms with Crippen LogP contribution in [0.2, 0.25) is 0 Å². The highest BCUT2D eigenvalue weighted by atomic mass is 32.2. The highest BCUT2D eigenvalue weighted by molar-refractivity contribution is 8.00. The minimum absolute atomic E-state index is 0.0364. The van der Waals surface area contributed by atoms with E-state index in [1.54, 1.807) is 92.0 Å². The van der Waals surface area contributed by atoms with Crippen LogP contribution in [-0.4, -0.2) is 39.0 Å². The molecule has 0 saturated carbocycles. The Labute approximate surface area is 253 Å². The molecular weight excluding hydrogens is 588 g/mol. The zero-order chi connectivity index (χ0) is 30.8. The Morgan fingerprint density at radius 1 is 0.837 bits per heavy atom. The van der Waals surface area contributed by atoms with Gasteiger partial charge in [-0.25, -0.2) is 13.6 Å². The normalized spacial score (nSPS) is 11.3. The Morgan fingerprint density at radius 3 is 2.14 bits per heavy atom. The van der Waals surface area contributed by atoms with Gasteiger partial charge in [0.05, 0.1) is 17.8 Å². The van der Waals surface area contributed by atoms with Crippen LogP contribution in [0.4, 0.5) is 11.4 Å². The van der Waals surface area contributed by atoms with Gasteiger partial charge >= 0.3 is 0 Å². The summed E-state index contributed by atoms with van der Waals surface area (Å²) in [4.78, 5) is 39.2. The highest BCUT2D eigenvalue weighted by Gasteiger charge is 2.16. The average Bonchev–Trinajstić information content (AvgIpc) is 3.00. The number of primary sulfonamides is 1. The van der Waals surface area contributed by atoms with Crippen molar-refractivity contribution in [2.24, 2.45) is 5.14 Å². The second-order valence-corrected chi connectivity index (χ2v) is 11.6. The minimum atomic E-state index is -3.81. The third-order valence-electron chi connectivity index (χ3n) is 5.88. The van der Waals surface area contributed by atoms with E-state index in [4.69, 9.17) is 9.88 Å². The van der Waals surface area contributed by atoms with Crippen LogP contribution in [0.5, 0.6) is 5.75 Å². The number of sulfonamides is 1. The van der Waals surface area contributed by atoms with Gasteiger partial charge in [-0.1, -0.05) is 30.3 Å². The van der Waals surface area contributed by atoms with E-state index in [0.29, 0.717) is 28.3 Å². The summed E-state index contributed by atoms with van der Waals surface area (Å²) in [6, 6.07) is 28.1. The van der Waals surface area contributed by atoms with Gasteiger partial charge in [0, 0.05) is 21.8 Å². The number of nitrogens with two attached hydrogens (primary N) is 1. The van der Waals surface area contributed by atoms with Crippen molar-refractivity contribution in [3.63, 3.8) is 0 Å². The molecule has 0 fully saturated rings. The molecule has 0 aliphatic carbocycles. The monoisotopic (exact) mass is 616 g/mol. The Kier molecular flexibility index (Phi) is 10.3. The third kappa shape index (κ3) is 9.30. The quantitative estimate of drug-likeness (QED) is 0.143. The first kappa shape index (κ1) is 31.0. The first-order valence-corrected chi connectivity index (χ1v) is 15.3. The van der Waals surface area contributed by atoms with Crippen LogP contribution in [0, 0.1) is 0 Å². The van der Waals surface area contributed by atoms with E-state index in [-0.39, 0.29) is 22.3 Å². The summed E-state index contributed by atoms with van der Waals surface area (Å²) < 4.78 is 28.0. The van der Waals surface area contributed by atoms with E-state index in [0.717, 1.165) is 4.90 Å². The molecule has 0 saturated heterocycles. The maximum absolute atomic E-state index is 13.3. The summed E-state index contributed by atoms with van der Waals surface area (Å²) >= 11 is 1.28. The van der Waals surface area contributed by atoms with Crippen molar-refractivity contribution in [2.75, 3.05) is 23.5 Å². The van der Waals surface area contributed by atoms with Crippen LogP contribution in [0.1, 0.15) is 15.9 Å². The van der Waals surface area contributed by atoms with Gasteiger partial charge in [0.15, 0.2) is 0 Å². The summed E-state index contributed by atoms with van der Waals surface area (Å²) in [5, 5.41) is 13.3. The van der Waals surface area contributed by atoms with Gasteiger partial charge in [0.1, 0.15) is 11.4 Å². The summed E-state index contributed by atoms with van der Waals surface area (Å²) in [7, 11) is -2.27. The molecule has 0 radical (unpaired) electrons. The van der Waals surface area contributed by atoms with Gasteiger partial charge in [-0.15, -0.1) is 11.8 Å². The fourth-order valence-electron chi connectivity index (χ4n) is 3.75. The second kappa shape index (κ2) is 14.3. The predicted molar refractivity (Wildman–Crippen MR) is 167 cm³/mol. The molecule has 0 unspecified atom stereocenters. The van der Waals surface area contributed by atoms with Crippen LogP contribution in [0.15, 0.2) is 119 Å². The number of anilines is 2. The van der Waals surface area contributed by atoms with Gasteiger partial charge in [-0.05, 0) is 84.4 Å². The van der Waals surface area contributed by atoms with E-state index < -0.39 is 21.8 Å². The van der Waals surface area contributed by atoms with Crippen molar-refractivity contribution >= 4 is 57.0 Å². The maximum atomic E-state index is 13.3. The topological polar surface area (TPSA) is 157 Å². The first-order chi connectivity index (χ1) is 20.6. The average molecular weight is 617 g/mol. The molecule has 0 aliphatic heterocycles. The number of ether oxygens (including phenoxy) is 1. The molecule has 4 aromatic rings. The van der Waals surface area contributed by atoms with Crippen LogP contribution in [0.3, 0.4) is 0 Å². The summed E-state index contributed by atoms with van der Waals surface area (Å²) in [6.07, 6.45) is 1.56. The van der Waals surface area contributed by atoms with E-state index in [9.17, 15) is 22.8 Å². The largest absolute Gasteiger partial charge is 0.497 e. The van der Waals surface area contributed by atoms with Crippen molar-refractivity contribution in [2.45, 2.75) is 9.79 Å². The lowest BCUT2D eigenvalue weighted by Crippen LogP contribution is -2.30. The number of amides is 3. The molecule has 0 atom stereocenters. The lowest BCUT2D eigenvalue weighted by molar-refractivity contribution is -0.114. The molecule has 5 N–H and O–H groups in total. The van der Waals surface area contributed by atoms with E-state index >= 15 is 0 Å². The van der Waals surface area contributed by atoms with Crippen molar-refractivity contribution in [3.05, 3.63) is 120 Å². The SMILES string of the molecule is COc1cccc(/C=C(\NC(=O)c2ccccc2)C(=O)Nc2ccc(SCC(=O)Nc3ccc(S(N)(=O)=O)cc3)cc2)c1. The number of hydrogen-bond acceptors (Lipinski definition) is 7. The molecule has 43 heavy (non-hydrogen) atoms. The van der Waals surface area contributed by atoms with Gasteiger partial charge in [0.2, 0.25) is 15.9 Å². The molecule has 0 aromatic heterocycles. The number of benzene rings is 4. The summed E-state index contributed by atoms with van der Waals surface area (Å²) in [6.45, 7) is 0. The van der Waals surface area contributed by atoms with Crippen molar-refractivity contribution in [3.8, 4) is 5.75 Å². The van der Waals surface area contributed by atoms with Crippen molar-refractivity contribution in [1.82, 2.24) is 5.32 Å². The van der Waals surface area contributed by atoms with Crippen LogP contribution in [-0.2, 0) is 19.6 Å². The number of hydrogen-bond donors (Lipinski definition) is 4. The number of rotatable bonds is 11. The maximum Gasteiger partial charge on any atom is 0.272 e.